The Morgan fingerprint density at radius 1 is 0.588 bits per heavy atom. The first kappa shape index (κ1) is 17.2. The molecule has 0 aliphatic heterocycles. The fraction of sp³-hybridized carbons (Fsp3) is 0.143. The Morgan fingerprint density at radius 2 is 0.882 bits per heavy atom. The predicted molar refractivity (Wildman–Crippen MR) is 88.0 cm³/mol. The molecule has 0 radical (unpaired) electrons. The summed E-state index contributed by atoms with van der Waals surface area (Å²) >= 11 is -0.183. The van der Waals surface area contributed by atoms with Gasteiger partial charge in [0.2, 0.25) is 0 Å². The molecular formula is C14H16Br2Te. The molecule has 0 N–H and O–H groups in total. The molecule has 2 rings (SSSR count). The van der Waals surface area contributed by atoms with Gasteiger partial charge in [0.15, 0.2) is 0 Å². The van der Waals surface area contributed by atoms with Gasteiger partial charge in [0.1, 0.15) is 0 Å². The van der Waals surface area contributed by atoms with E-state index in [1.807, 2.05) is 0 Å². The summed E-state index contributed by atoms with van der Waals surface area (Å²) in [7, 11) is 0. The number of halogens is 2. The zero-order valence-electron chi connectivity index (χ0n) is 9.84. The molecule has 0 aliphatic rings. The van der Waals surface area contributed by atoms with Crippen molar-refractivity contribution < 1.29 is 0 Å². The monoisotopic (exact) mass is 472 g/mol. The van der Waals surface area contributed by atoms with E-state index in [2.05, 4.69) is 62.4 Å². The normalized spacial score (nSPS) is 9.06. The first-order chi connectivity index (χ1) is 7.24. The van der Waals surface area contributed by atoms with Gasteiger partial charge >= 0.3 is 102 Å². The molecule has 0 aliphatic carbocycles. The summed E-state index contributed by atoms with van der Waals surface area (Å²) in [6.07, 6.45) is 0. The number of rotatable bonds is 2. The van der Waals surface area contributed by atoms with Crippen molar-refractivity contribution in [2.45, 2.75) is 13.8 Å². The molecule has 0 aromatic heterocycles. The molecule has 0 heterocycles. The molecule has 0 spiro atoms. The molecule has 0 nitrogen and oxygen atoms in total. The molecule has 3 heteroatoms. The molecule has 92 valence electrons. The Bertz CT molecular complexity index is 391. The van der Waals surface area contributed by atoms with Gasteiger partial charge in [-0.3, -0.25) is 0 Å². The third-order valence-corrected chi connectivity index (χ3v) is 5.18. The van der Waals surface area contributed by atoms with Crippen LogP contribution in [-0.4, -0.2) is 20.9 Å². The number of benzene rings is 2. The van der Waals surface area contributed by atoms with E-state index in [1.54, 1.807) is 0 Å². The van der Waals surface area contributed by atoms with E-state index in [0.717, 1.165) is 0 Å². The fourth-order valence-electron chi connectivity index (χ4n) is 1.35. The third-order valence-electron chi connectivity index (χ3n) is 2.28. The Labute approximate surface area is 134 Å². The fourth-order valence-corrected chi connectivity index (χ4v) is 3.68. The zero-order valence-corrected chi connectivity index (χ0v) is 15.6. The minimum absolute atomic E-state index is 0. The van der Waals surface area contributed by atoms with E-state index in [1.165, 1.54) is 18.3 Å². The van der Waals surface area contributed by atoms with Gasteiger partial charge in [-0.2, -0.15) is 0 Å². The van der Waals surface area contributed by atoms with Crippen molar-refractivity contribution >= 4 is 62.1 Å². The van der Waals surface area contributed by atoms with E-state index in [-0.39, 0.29) is 54.9 Å². The summed E-state index contributed by atoms with van der Waals surface area (Å²) in [6, 6.07) is 17.9. The molecule has 0 saturated heterocycles. The molecule has 0 atom stereocenters. The quantitative estimate of drug-likeness (QED) is 0.591. The first-order valence-corrected chi connectivity index (χ1v) is 7.38. The standard InChI is InChI=1S/C14H14Te.2BrH/c1-11-3-7-13(8-4-11)15-14-9-5-12(2)6-10-14;;/h3-10H,1-2H3;2*1H. The van der Waals surface area contributed by atoms with Crippen molar-refractivity contribution in [1.82, 2.24) is 0 Å². The van der Waals surface area contributed by atoms with Crippen LogP contribution in [0.15, 0.2) is 48.5 Å². The van der Waals surface area contributed by atoms with Crippen LogP contribution in [0.2, 0.25) is 0 Å². The Kier molecular flexibility index (Phi) is 8.41. The molecule has 0 fully saturated rings. The molecule has 0 bridgehead atoms. The molecule has 0 amide bonds. The van der Waals surface area contributed by atoms with Crippen molar-refractivity contribution in [1.29, 1.82) is 0 Å². The number of hydrogen-bond donors (Lipinski definition) is 0. The Hall–Kier alpha value is 0.190. The van der Waals surface area contributed by atoms with Crippen LogP contribution in [0.25, 0.3) is 0 Å². The van der Waals surface area contributed by atoms with E-state index in [9.17, 15) is 0 Å². The summed E-state index contributed by atoms with van der Waals surface area (Å²) in [6.45, 7) is 4.27. The van der Waals surface area contributed by atoms with Crippen molar-refractivity contribution in [3.63, 3.8) is 0 Å². The summed E-state index contributed by atoms with van der Waals surface area (Å²) in [5, 5.41) is 0. The van der Waals surface area contributed by atoms with Crippen LogP contribution in [0.5, 0.6) is 0 Å². The van der Waals surface area contributed by atoms with Gasteiger partial charge < -0.3 is 0 Å². The summed E-state index contributed by atoms with van der Waals surface area (Å²) in [4.78, 5) is 0. The van der Waals surface area contributed by atoms with Crippen LogP contribution in [0.1, 0.15) is 11.1 Å². The Morgan fingerprint density at radius 3 is 1.18 bits per heavy atom. The van der Waals surface area contributed by atoms with Crippen molar-refractivity contribution in [3.8, 4) is 0 Å². The second kappa shape index (κ2) is 8.32. The minimum atomic E-state index is -0.183. The topological polar surface area (TPSA) is 0 Å². The molecule has 0 unspecified atom stereocenters. The number of aryl methyl sites for hydroxylation is 2. The SMILES string of the molecule is Br.Br.Cc1ccc([Te]c2ccc(C)cc2)cc1. The van der Waals surface area contributed by atoms with Crippen LogP contribution in [0.3, 0.4) is 0 Å². The van der Waals surface area contributed by atoms with Crippen LogP contribution in [0.4, 0.5) is 0 Å². The number of hydrogen-bond acceptors (Lipinski definition) is 0. The summed E-state index contributed by atoms with van der Waals surface area (Å²) in [5.74, 6) is 0. The maximum absolute atomic E-state index is 2.26. The summed E-state index contributed by atoms with van der Waals surface area (Å²) < 4.78 is 3.02. The van der Waals surface area contributed by atoms with E-state index in [0.29, 0.717) is 0 Å². The van der Waals surface area contributed by atoms with E-state index < -0.39 is 0 Å². The third kappa shape index (κ3) is 5.57. The second-order valence-electron chi connectivity index (χ2n) is 3.73. The molecule has 2 aromatic carbocycles. The van der Waals surface area contributed by atoms with Crippen molar-refractivity contribution in [3.05, 3.63) is 59.7 Å². The van der Waals surface area contributed by atoms with Crippen LogP contribution in [-0.2, 0) is 0 Å². The van der Waals surface area contributed by atoms with Gasteiger partial charge in [-0.1, -0.05) is 0 Å². The van der Waals surface area contributed by atoms with Gasteiger partial charge in [0.05, 0.1) is 0 Å². The molecule has 17 heavy (non-hydrogen) atoms. The predicted octanol–water partition coefficient (Wildman–Crippen LogP) is 3.11. The average molecular weight is 472 g/mol. The van der Waals surface area contributed by atoms with Gasteiger partial charge in [-0.05, 0) is 0 Å². The van der Waals surface area contributed by atoms with E-state index >= 15 is 0 Å². The maximum atomic E-state index is 2.26. The second-order valence-corrected chi connectivity index (χ2v) is 7.00. The summed E-state index contributed by atoms with van der Waals surface area (Å²) in [5.41, 5.74) is 2.69. The van der Waals surface area contributed by atoms with Crippen LogP contribution < -0.4 is 7.22 Å². The van der Waals surface area contributed by atoms with Crippen LogP contribution >= 0.6 is 34.0 Å². The van der Waals surface area contributed by atoms with Gasteiger partial charge in [0.25, 0.3) is 0 Å². The average Bonchev–Trinajstić information content (AvgIpc) is 2.25. The van der Waals surface area contributed by atoms with Gasteiger partial charge in [-0.15, -0.1) is 34.0 Å². The van der Waals surface area contributed by atoms with Gasteiger partial charge in [0, 0.05) is 0 Å². The Balaban J connectivity index is 0.00000128. The van der Waals surface area contributed by atoms with E-state index in [4.69, 9.17) is 0 Å². The molecule has 0 saturated carbocycles. The molecular weight excluding hydrogens is 456 g/mol. The zero-order chi connectivity index (χ0) is 10.7. The molecule has 2 aromatic rings. The van der Waals surface area contributed by atoms with Crippen molar-refractivity contribution in [2.75, 3.05) is 0 Å². The van der Waals surface area contributed by atoms with Gasteiger partial charge in [-0.25, -0.2) is 0 Å². The van der Waals surface area contributed by atoms with Crippen LogP contribution in [0, 0.1) is 13.8 Å². The first-order valence-electron chi connectivity index (χ1n) is 5.05. The van der Waals surface area contributed by atoms with Crippen molar-refractivity contribution in [2.24, 2.45) is 0 Å².